The fourth-order valence-corrected chi connectivity index (χ4v) is 8.41. The first kappa shape index (κ1) is 25.9. The molecule has 0 fully saturated rings. The van der Waals surface area contributed by atoms with Crippen LogP contribution in [0.2, 0.25) is 0 Å². The molecule has 0 amide bonds. The highest BCUT2D eigenvalue weighted by atomic mass is 32.1. The first-order valence-electron chi connectivity index (χ1n) is 14.0. The molecular formula is C39H19N3S2. The van der Waals surface area contributed by atoms with E-state index in [0.29, 0.717) is 16.7 Å². The van der Waals surface area contributed by atoms with E-state index in [0.717, 1.165) is 42.8 Å². The van der Waals surface area contributed by atoms with Crippen molar-refractivity contribution in [1.82, 2.24) is 0 Å². The summed E-state index contributed by atoms with van der Waals surface area (Å²) >= 11 is 3.49. The van der Waals surface area contributed by atoms with Gasteiger partial charge < -0.3 is 0 Å². The summed E-state index contributed by atoms with van der Waals surface area (Å²) in [6.45, 7) is 0. The molecule has 6 aromatic carbocycles. The SMILES string of the molecule is N#Cc1ccc(-c2cc(-c3ccc4c(c3)sc3ccccc34)c(C#N)cc2-c2ccc3c(c2)sc2ccccc23)c(C#N)c1. The van der Waals surface area contributed by atoms with Gasteiger partial charge in [-0.2, -0.15) is 15.8 Å². The van der Waals surface area contributed by atoms with Crippen LogP contribution in [0.25, 0.3) is 73.7 Å². The van der Waals surface area contributed by atoms with Gasteiger partial charge in [0.15, 0.2) is 0 Å². The normalized spacial score (nSPS) is 11.1. The van der Waals surface area contributed by atoms with E-state index in [1.807, 2.05) is 18.2 Å². The number of rotatable bonds is 3. The van der Waals surface area contributed by atoms with Crippen LogP contribution in [0.3, 0.4) is 0 Å². The minimum absolute atomic E-state index is 0.420. The number of benzene rings is 6. The monoisotopic (exact) mass is 593 g/mol. The predicted octanol–water partition coefficient (Wildman–Crippen LogP) is 11.0. The summed E-state index contributed by atoms with van der Waals surface area (Å²) in [6, 6.07) is 45.7. The standard InChI is InChI=1S/C39H19N3S2/c40-20-23-9-12-28(26(15-23)21-41)35-19-33(24-10-13-31-29-5-1-3-7-36(29)43-38(31)17-24)27(22-42)16-34(35)25-11-14-32-30-6-2-4-8-37(30)44-39(32)18-25/h1-19H. The van der Waals surface area contributed by atoms with Crippen LogP contribution in [0, 0.1) is 34.0 Å². The molecule has 0 saturated carbocycles. The molecule has 0 atom stereocenters. The van der Waals surface area contributed by atoms with Gasteiger partial charge in [-0.15, -0.1) is 22.7 Å². The van der Waals surface area contributed by atoms with E-state index in [1.54, 1.807) is 34.8 Å². The lowest BCUT2D eigenvalue weighted by molar-refractivity contribution is 1.44. The van der Waals surface area contributed by atoms with Crippen LogP contribution in [0.5, 0.6) is 0 Å². The van der Waals surface area contributed by atoms with Crippen LogP contribution < -0.4 is 0 Å². The molecule has 0 radical (unpaired) electrons. The van der Waals surface area contributed by atoms with Crippen LogP contribution in [-0.4, -0.2) is 0 Å². The molecule has 44 heavy (non-hydrogen) atoms. The molecule has 8 rings (SSSR count). The molecule has 0 bridgehead atoms. The van der Waals surface area contributed by atoms with E-state index in [2.05, 4.69) is 103 Å². The maximum atomic E-state index is 10.4. The van der Waals surface area contributed by atoms with Crippen molar-refractivity contribution in [2.24, 2.45) is 0 Å². The Morgan fingerprint density at radius 3 is 1.52 bits per heavy atom. The highest BCUT2D eigenvalue weighted by Crippen LogP contribution is 2.43. The molecule has 0 unspecified atom stereocenters. The van der Waals surface area contributed by atoms with Crippen molar-refractivity contribution in [2.75, 3.05) is 0 Å². The van der Waals surface area contributed by atoms with E-state index in [1.165, 1.54) is 30.9 Å². The second-order valence-corrected chi connectivity index (χ2v) is 12.8. The fourth-order valence-electron chi connectivity index (χ4n) is 6.12. The van der Waals surface area contributed by atoms with Gasteiger partial charge in [-0.05, 0) is 70.8 Å². The number of thiophene rings is 2. The third-order valence-electron chi connectivity index (χ3n) is 8.22. The van der Waals surface area contributed by atoms with Crippen molar-refractivity contribution in [3.63, 3.8) is 0 Å². The molecular weight excluding hydrogens is 575 g/mol. The van der Waals surface area contributed by atoms with Gasteiger partial charge in [0.1, 0.15) is 0 Å². The van der Waals surface area contributed by atoms with E-state index in [-0.39, 0.29) is 0 Å². The van der Waals surface area contributed by atoms with Gasteiger partial charge in [-0.1, -0.05) is 66.7 Å². The largest absolute Gasteiger partial charge is 0.192 e. The molecule has 2 heterocycles. The van der Waals surface area contributed by atoms with Crippen molar-refractivity contribution >= 4 is 63.0 Å². The van der Waals surface area contributed by atoms with Crippen molar-refractivity contribution in [3.05, 3.63) is 132 Å². The van der Waals surface area contributed by atoms with Gasteiger partial charge >= 0.3 is 0 Å². The van der Waals surface area contributed by atoms with E-state index >= 15 is 0 Å². The third kappa shape index (κ3) is 4.06. The van der Waals surface area contributed by atoms with Crippen LogP contribution in [0.15, 0.2) is 115 Å². The molecule has 0 aliphatic heterocycles. The van der Waals surface area contributed by atoms with Crippen molar-refractivity contribution in [2.45, 2.75) is 0 Å². The number of fused-ring (bicyclic) bond motifs is 6. The Morgan fingerprint density at radius 1 is 0.386 bits per heavy atom. The van der Waals surface area contributed by atoms with Crippen molar-refractivity contribution in [3.8, 4) is 51.6 Å². The Kier molecular flexibility index (Phi) is 6.00. The summed E-state index contributed by atoms with van der Waals surface area (Å²) in [7, 11) is 0. The topological polar surface area (TPSA) is 71.4 Å². The lowest BCUT2D eigenvalue weighted by Crippen LogP contribution is -1.94. The molecule has 0 aliphatic rings. The number of nitrogens with zero attached hydrogens (tertiary/aromatic N) is 3. The Bertz CT molecular complexity index is 2600. The average Bonchev–Trinajstić information content (AvgIpc) is 3.64. The molecule has 202 valence electrons. The third-order valence-corrected chi connectivity index (χ3v) is 10.5. The number of nitriles is 3. The average molecular weight is 594 g/mol. The van der Waals surface area contributed by atoms with E-state index in [4.69, 9.17) is 0 Å². The van der Waals surface area contributed by atoms with Crippen LogP contribution in [0.1, 0.15) is 16.7 Å². The van der Waals surface area contributed by atoms with Gasteiger partial charge in [0.25, 0.3) is 0 Å². The predicted molar refractivity (Wildman–Crippen MR) is 183 cm³/mol. The number of hydrogen-bond donors (Lipinski definition) is 0. The van der Waals surface area contributed by atoms with Crippen molar-refractivity contribution in [1.29, 1.82) is 15.8 Å². The van der Waals surface area contributed by atoms with Crippen LogP contribution in [0.4, 0.5) is 0 Å². The Balaban J connectivity index is 1.39. The first-order chi connectivity index (χ1) is 21.6. The molecule has 0 aliphatic carbocycles. The van der Waals surface area contributed by atoms with E-state index < -0.39 is 0 Å². The zero-order valence-electron chi connectivity index (χ0n) is 23.1. The summed E-state index contributed by atoms with van der Waals surface area (Å²) in [5.74, 6) is 0. The zero-order chi connectivity index (χ0) is 29.8. The number of hydrogen-bond acceptors (Lipinski definition) is 5. The molecule has 5 heteroatoms. The summed E-state index contributed by atoms with van der Waals surface area (Å²) in [5.41, 5.74) is 6.58. The van der Waals surface area contributed by atoms with Gasteiger partial charge in [0, 0.05) is 51.5 Å². The molecule has 0 spiro atoms. The first-order valence-corrected chi connectivity index (χ1v) is 15.6. The summed E-state index contributed by atoms with van der Waals surface area (Å²) < 4.78 is 4.77. The Hall–Kier alpha value is -5.77. The highest BCUT2D eigenvalue weighted by Gasteiger charge is 2.19. The quantitative estimate of drug-likeness (QED) is 0.205. The van der Waals surface area contributed by atoms with Crippen LogP contribution in [-0.2, 0) is 0 Å². The minimum atomic E-state index is 0.420. The van der Waals surface area contributed by atoms with Crippen LogP contribution >= 0.6 is 22.7 Å². The summed E-state index contributed by atoms with van der Waals surface area (Å²) in [5, 5.41) is 35.0. The molecule has 2 aromatic heterocycles. The van der Waals surface area contributed by atoms with Gasteiger partial charge in [0.05, 0.1) is 34.9 Å². The molecule has 0 saturated heterocycles. The zero-order valence-corrected chi connectivity index (χ0v) is 24.8. The minimum Gasteiger partial charge on any atom is -0.192 e. The maximum Gasteiger partial charge on any atom is 0.0998 e. The molecule has 0 N–H and O–H groups in total. The Labute approximate surface area is 261 Å². The van der Waals surface area contributed by atoms with Gasteiger partial charge in [0.2, 0.25) is 0 Å². The van der Waals surface area contributed by atoms with E-state index in [9.17, 15) is 15.8 Å². The summed E-state index contributed by atoms with van der Waals surface area (Å²) in [4.78, 5) is 0. The molecule has 8 aromatic rings. The second kappa shape index (κ2) is 10.2. The van der Waals surface area contributed by atoms with Gasteiger partial charge in [-0.3, -0.25) is 0 Å². The fraction of sp³-hybridized carbons (Fsp3) is 0. The van der Waals surface area contributed by atoms with Gasteiger partial charge in [-0.25, -0.2) is 0 Å². The molecule has 3 nitrogen and oxygen atoms in total. The Morgan fingerprint density at radius 2 is 0.932 bits per heavy atom. The smallest absolute Gasteiger partial charge is 0.0998 e. The lowest BCUT2D eigenvalue weighted by atomic mass is 9.86. The second-order valence-electron chi connectivity index (χ2n) is 10.7. The lowest BCUT2D eigenvalue weighted by Gasteiger charge is -2.16. The highest BCUT2D eigenvalue weighted by molar-refractivity contribution is 7.26. The maximum absolute atomic E-state index is 10.4. The van der Waals surface area contributed by atoms with Crippen molar-refractivity contribution < 1.29 is 0 Å². The summed E-state index contributed by atoms with van der Waals surface area (Å²) in [6.07, 6.45) is 0.